The SMILES string of the molecule is Cc1cccc(C(=O)O)c1N1C(=O)CC(C)(C(C)C)C1=O. The smallest absolute Gasteiger partial charge is 0.337 e. The lowest BCUT2D eigenvalue weighted by molar-refractivity contribution is -0.126. The van der Waals surface area contributed by atoms with Gasteiger partial charge in [0, 0.05) is 6.42 Å². The number of carboxylic acid groups (broad SMARTS) is 1. The zero-order chi connectivity index (χ0) is 15.9. The first-order valence-electron chi connectivity index (χ1n) is 6.90. The zero-order valence-electron chi connectivity index (χ0n) is 12.6. The number of hydrogen-bond donors (Lipinski definition) is 1. The highest BCUT2D eigenvalue weighted by molar-refractivity contribution is 6.24. The predicted octanol–water partition coefficient (Wildman–Crippen LogP) is 2.62. The van der Waals surface area contributed by atoms with E-state index in [1.807, 2.05) is 13.8 Å². The van der Waals surface area contributed by atoms with Crippen molar-refractivity contribution >= 4 is 23.5 Å². The van der Waals surface area contributed by atoms with E-state index in [-0.39, 0.29) is 35.4 Å². The lowest BCUT2D eigenvalue weighted by atomic mass is 9.78. The van der Waals surface area contributed by atoms with Crippen molar-refractivity contribution in [1.82, 2.24) is 0 Å². The highest BCUT2D eigenvalue weighted by Gasteiger charge is 2.51. The fraction of sp³-hybridized carbons (Fsp3) is 0.438. The van der Waals surface area contributed by atoms with E-state index < -0.39 is 11.4 Å². The third-order valence-corrected chi connectivity index (χ3v) is 4.43. The van der Waals surface area contributed by atoms with Gasteiger partial charge in [0.1, 0.15) is 0 Å². The van der Waals surface area contributed by atoms with Crippen LogP contribution in [0.25, 0.3) is 0 Å². The van der Waals surface area contributed by atoms with Crippen LogP contribution in [0.5, 0.6) is 0 Å². The summed E-state index contributed by atoms with van der Waals surface area (Å²) < 4.78 is 0. The van der Waals surface area contributed by atoms with E-state index in [1.165, 1.54) is 6.07 Å². The van der Waals surface area contributed by atoms with Gasteiger partial charge in [-0.3, -0.25) is 9.59 Å². The Morgan fingerprint density at radius 1 is 1.33 bits per heavy atom. The minimum atomic E-state index is -1.15. The fourth-order valence-electron chi connectivity index (χ4n) is 2.64. The van der Waals surface area contributed by atoms with Crippen LogP contribution in [0.15, 0.2) is 18.2 Å². The van der Waals surface area contributed by atoms with Gasteiger partial charge < -0.3 is 5.11 Å². The van der Waals surface area contributed by atoms with E-state index in [9.17, 15) is 19.5 Å². The number of benzene rings is 1. The number of hydrogen-bond acceptors (Lipinski definition) is 3. The third kappa shape index (κ3) is 2.22. The Morgan fingerprint density at radius 2 is 1.95 bits per heavy atom. The molecule has 1 unspecified atom stereocenters. The maximum Gasteiger partial charge on any atom is 0.337 e. The molecule has 1 N–H and O–H groups in total. The van der Waals surface area contributed by atoms with Crippen molar-refractivity contribution in [2.24, 2.45) is 11.3 Å². The Bertz CT molecular complexity index is 635. The molecule has 1 aromatic rings. The molecule has 0 aliphatic carbocycles. The molecule has 21 heavy (non-hydrogen) atoms. The monoisotopic (exact) mass is 289 g/mol. The van der Waals surface area contributed by atoms with E-state index in [1.54, 1.807) is 26.0 Å². The maximum absolute atomic E-state index is 12.7. The molecule has 1 aliphatic heterocycles. The van der Waals surface area contributed by atoms with E-state index in [0.717, 1.165) is 4.90 Å². The first kappa shape index (κ1) is 15.2. The highest BCUT2D eigenvalue weighted by Crippen LogP contribution is 2.42. The van der Waals surface area contributed by atoms with E-state index >= 15 is 0 Å². The summed E-state index contributed by atoms with van der Waals surface area (Å²) in [6, 6.07) is 4.72. The number of amides is 2. The molecule has 1 saturated heterocycles. The minimum Gasteiger partial charge on any atom is -0.478 e. The lowest BCUT2D eigenvalue weighted by Gasteiger charge is -2.27. The molecule has 1 aliphatic rings. The van der Waals surface area contributed by atoms with Crippen molar-refractivity contribution in [1.29, 1.82) is 0 Å². The number of anilines is 1. The molecule has 0 aromatic heterocycles. The van der Waals surface area contributed by atoms with Crippen LogP contribution in [0, 0.1) is 18.3 Å². The number of nitrogens with zero attached hydrogens (tertiary/aromatic N) is 1. The summed E-state index contributed by atoms with van der Waals surface area (Å²) in [5.41, 5.74) is -0.00604. The van der Waals surface area contributed by atoms with Crippen LogP contribution < -0.4 is 4.90 Å². The van der Waals surface area contributed by atoms with Crippen LogP contribution in [0.3, 0.4) is 0 Å². The second-order valence-corrected chi connectivity index (χ2v) is 6.06. The van der Waals surface area contributed by atoms with Gasteiger partial charge in [0.2, 0.25) is 11.8 Å². The second-order valence-electron chi connectivity index (χ2n) is 6.06. The molecule has 0 radical (unpaired) electrons. The van der Waals surface area contributed by atoms with Gasteiger partial charge in [0.05, 0.1) is 16.7 Å². The Balaban J connectivity index is 2.61. The minimum absolute atomic E-state index is 0.00348. The molecule has 0 spiro atoms. The van der Waals surface area contributed by atoms with Crippen molar-refractivity contribution in [3.05, 3.63) is 29.3 Å². The molecule has 5 nitrogen and oxygen atoms in total. The van der Waals surface area contributed by atoms with Gasteiger partial charge in [0.25, 0.3) is 0 Å². The van der Waals surface area contributed by atoms with Crippen molar-refractivity contribution in [2.75, 3.05) is 4.90 Å². The quantitative estimate of drug-likeness (QED) is 0.868. The predicted molar refractivity (Wildman–Crippen MR) is 78.2 cm³/mol. The summed E-state index contributed by atoms with van der Waals surface area (Å²) in [6.45, 7) is 7.25. The molecule has 5 heteroatoms. The number of imide groups is 1. The van der Waals surface area contributed by atoms with E-state index in [4.69, 9.17) is 0 Å². The van der Waals surface area contributed by atoms with Gasteiger partial charge >= 0.3 is 5.97 Å². The van der Waals surface area contributed by atoms with Gasteiger partial charge in [-0.2, -0.15) is 0 Å². The number of aromatic carboxylic acids is 1. The van der Waals surface area contributed by atoms with Crippen LogP contribution in [0.2, 0.25) is 0 Å². The van der Waals surface area contributed by atoms with Crippen molar-refractivity contribution in [3.8, 4) is 0 Å². The first-order chi connectivity index (χ1) is 9.70. The van der Waals surface area contributed by atoms with Crippen LogP contribution in [-0.4, -0.2) is 22.9 Å². The first-order valence-corrected chi connectivity index (χ1v) is 6.90. The molecule has 1 aromatic carbocycles. The van der Waals surface area contributed by atoms with Gasteiger partial charge in [-0.25, -0.2) is 9.69 Å². The molecule has 112 valence electrons. The Morgan fingerprint density at radius 3 is 2.43 bits per heavy atom. The van der Waals surface area contributed by atoms with Crippen LogP contribution in [0.4, 0.5) is 5.69 Å². The number of carbonyl (C=O) groups excluding carboxylic acids is 2. The van der Waals surface area contributed by atoms with Gasteiger partial charge in [0.15, 0.2) is 0 Å². The lowest BCUT2D eigenvalue weighted by Crippen LogP contribution is -2.38. The second kappa shape index (κ2) is 4.98. The van der Waals surface area contributed by atoms with Crippen LogP contribution in [0.1, 0.15) is 43.1 Å². The topological polar surface area (TPSA) is 74.7 Å². The number of aryl methyl sites for hydroxylation is 1. The molecule has 1 atom stereocenters. The molecular weight excluding hydrogens is 270 g/mol. The van der Waals surface area contributed by atoms with Crippen LogP contribution in [-0.2, 0) is 9.59 Å². The standard InChI is InChI=1S/C16H19NO4/c1-9(2)16(4)8-12(18)17(15(16)21)13-10(3)6-5-7-11(13)14(19)20/h5-7,9H,8H2,1-4H3,(H,19,20). The number of para-hydroxylation sites is 1. The molecule has 1 fully saturated rings. The van der Waals surface area contributed by atoms with Crippen LogP contribution >= 0.6 is 0 Å². The fourth-order valence-corrected chi connectivity index (χ4v) is 2.64. The average Bonchev–Trinajstić information content (AvgIpc) is 2.61. The molecular formula is C16H19NO4. The molecule has 0 saturated carbocycles. The number of carboxylic acids is 1. The summed E-state index contributed by atoms with van der Waals surface area (Å²) in [5, 5.41) is 9.31. The van der Waals surface area contributed by atoms with Crippen molar-refractivity contribution in [2.45, 2.75) is 34.1 Å². The zero-order valence-corrected chi connectivity index (χ0v) is 12.6. The summed E-state index contributed by atoms with van der Waals surface area (Å²) in [5.74, 6) is -1.81. The van der Waals surface area contributed by atoms with Crippen molar-refractivity contribution < 1.29 is 19.5 Å². The highest BCUT2D eigenvalue weighted by atomic mass is 16.4. The third-order valence-electron chi connectivity index (χ3n) is 4.43. The van der Waals surface area contributed by atoms with Crippen molar-refractivity contribution in [3.63, 3.8) is 0 Å². The molecule has 0 bridgehead atoms. The van der Waals surface area contributed by atoms with E-state index in [2.05, 4.69) is 0 Å². The molecule has 2 rings (SSSR count). The Labute approximate surface area is 123 Å². The summed E-state index contributed by atoms with van der Waals surface area (Å²) in [7, 11) is 0. The largest absolute Gasteiger partial charge is 0.478 e. The normalized spacial score (nSPS) is 22.2. The van der Waals surface area contributed by atoms with Gasteiger partial charge in [-0.15, -0.1) is 0 Å². The Hall–Kier alpha value is -2.17. The summed E-state index contributed by atoms with van der Waals surface area (Å²) in [6.07, 6.45) is 0.108. The summed E-state index contributed by atoms with van der Waals surface area (Å²) in [4.78, 5) is 37.5. The van der Waals surface area contributed by atoms with Gasteiger partial charge in [-0.05, 0) is 31.4 Å². The van der Waals surface area contributed by atoms with E-state index in [0.29, 0.717) is 5.56 Å². The number of carbonyl (C=O) groups is 3. The number of rotatable bonds is 3. The molecule has 2 amide bonds. The molecule has 1 heterocycles. The Kier molecular flexibility index (Phi) is 3.61. The summed E-state index contributed by atoms with van der Waals surface area (Å²) >= 11 is 0. The maximum atomic E-state index is 12.7. The van der Waals surface area contributed by atoms with Gasteiger partial charge in [-0.1, -0.05) is 26.0 Å². The average molecular weight is 289 g/mol.